The lowest BCUT2D eigenvalue weighted by atomic mass is 9.89. The largest absolute Gasteiger partial charge is 0.477 e. The molecule has 9 nitrogen and oxygen atoms in total. The van der Waals surface area contributed by atoms with Gasteiger partial charge in [0.2, 0.25) is 5.91 Å². The minimum absolute atomic E-state index is 0.190. The number of nitrogens with zero attached hydrogens (tertiary/aromatic N) is 3. The second kappa shape index (κ2) is 8.47. The van der Waals surface area contributed by atoms with E-state index in [-0.39, 0.29) is 17.6 Å². The van der Waals surface area contributed by atoms with Crippen molar-refractivity contribution in [3.63, 3.8) is 0 Å². The van der Waals surface area contributed by atoms with Crippen LogP contribution in [0.5, 0.6) is 0 Å². The predicted octanol–water partition coefficient (Wildman–Crippen LogP) is 2.10. The molecule has 0 bridgehead atoms. The van der Waals surface area contributed by atoms with E-state index in [0.717, 1.165) is 43.3 Å². The number of anilines is 1. The van der Waals surface area contributed by atoms with Crippen molar-refractivity contribution in [1.29, 1.82) is 0 Å². The van der Waals surface area contributed by atoms with Crippen molar-refractivity contribution in [2.24, 2.45) is 5.92 Å². The van der Waals surface area contributed by atoms with E-state index in [2.05, 4.69) is 15.4 Å². The summed E-state index contributed by atoms with van der Waals surface area (Å²) in [6.07, 6.45) is 6.57. The van der Waals surface area contributed by atoms with E-state index in [1.54, 1.807) is 24.3 Å². The number of carboxylic acids is 2. The van der Waals surface area contributed by atoms with Gasteiger partial charge < -0.3 is 10.2 Å². The fourth-order valence-electron chi connectivity index (χ4n) is 3.23. The van der Waals surface area contributed by atoms with Crippen LogP contribution in [0.2, 0.25) is 0 Å². The van der Waals surface area contributed by atoms with Crippen LogP contribution in [0.1, 0.15) is 32.1 Å². The van der Waals surface area contributed by atoms with Crippen molar-refractivity contribution in [3.8, 4) is 0 Å². The molecular formula is C19H20N4O5. The van der Waals surface area contributed by atoms with Crippen LogP contribution in [0.3, 0.4) is 0 Å². The fourth-order valence-corrected chi connectivity index (χ4v) is 3.23. The van der Waals surface area contributed by atoms with Gasteiger partial charge in [-0.2, -0.15) is 0 Å². The van der Waals surface area contributed by atoms with Crippen molar-refractivity contribution < 1.29 is 24.6 Å². The lowest BCUT2D eigenvalue weighted by Gasteiger charge is -2.26. The Kier molecular flexibility index (Phi) is 5.83. The average molecular weight is 384 g/mol. The van der Waals surface area contributed by atoms with Crippen LogP contribution >= 0.6 is 0 Å². The molecular weight excluding hydrogens is 364 g/mol. The van der Waals surface area contributed by atoms with Gasteiger partial charge in [-0.3, -0.25) is 10.2 Å². The minimum Gasteiger partial charge on any atom is -0.477 e. The van der Waals surface area contributed by atoms with E-state index in [4.69, 9.17) is 0 Å². The van der Waals surface area contributed by atoms with Crippen LogP contribution in [0.25, 0.3) is 10.9 Å². The Morgan fingerprint density at radius 2 is 1.71 bits per heavy atom. The van der Waals surface area contributed by atoms with Crippen molar-refractivity contribution in [2.75, 3.05) is 5.01 Å². The third kappa shape index (κ3) is 4.25. The molecule has 3 N–H and O–H groups in total. The number of rotatable bonds is 6. The Bertz CT molecular complexity index is 916. The third-order valence-electron chi connectivity index (χ3n) is 4.68. The zero-order valence-electron chi connectivity index (χ0n) is 15.0. The molecule has 28 heavy (non-hydrogen) atoms. The summed E-state index contributed by atoms with van der Waals surface area (Å²) in [7, 11) is 0. The molecule has 1 aromatic heterocycles. The highest BCUT2D eigenvalue weighted by molar-refractivity contribution is 6.12. The number of nitrogens with one attached hydrogen (secondary N) is 1. The Morgan fingerprint density at radius 3 is 2.39 bits per heavy atom. The van der Waals surface area contributed by atoms with Gasteiger partial charge in [-0.1, -0.05) is 31.4 Å². The second-order valence-corrected chi connectivity index (χ2v) is 6.55. The Hall–Kier alpha value is -3.49. The smallest absolute Gasteiger partial charge is 0.344 e. The van der Waals surface area contributed by atoms with Gasteiger partial charge in [0.25, 0.3) is 0 Å². The van der Waals surface area contributed by atoms with Crippen LogP contribution < -0.4 is 10.4 Å². The molecule has 0 unspecified atom stereocenters. The predicted molar refractivity (Wildman–Crippen MR) is 100 cm³/mol. The summed E-state index contributed by atoms with van der Waals surface area (Å²) >= 11 is 0. The maximum atomic E-state index is 12.7. The maximum Gasteiger partial charge on any atom is 0.344 e. The SMILES string of the molecule is O=C(O)C(=CN(NC(=O)C1CCCCC1)c1ncnc2ccccc12)C(=O)O. The number of hydrazine groups is 1. The third-order valence-corrected chi connectivity index (χ3v) is 4.68. The number of carbonyl (C=O) groups is 3. The molecule has 1 heterocycles. The monoisotopic (exact) mass is 384 g/mol. The summed E-state index contributed by atoms with van der Waals surface area (Å²) in [6, 6.07) is 6.97. The van der Waals surface area contributed by atoms with Crippen molar-refractivity contribution >= 4 is 34.6 Å². The topological polar surface area (TPSA) is 133 Å². The zero-order valence-corrected chi connectivity index (χ0v) is 15.0. The van der Waals surface area contributed by atoms with E-state index in [1.165, 1.54) is 6.33 Å². The number of para-hydroxylation sites is 1. The summed E-state index contributed by atoms with van der Waals surface area (Å²) < 4.78 is 0. The molecule has 3 rings (SSSR count). The first kappa shape index (κ1) is 19.3. The molecule has 1 aliphatic carbocycles. The average Bonchev–Trinajstić information content (AvgIpc) is 2.70. The van der Waals surface area contributed by atoms with Gasteiger partial charge in [0.05, 0.1) is 11.7 Å². The van der Waals surface area contributed by atoms with E-state index >= 15 is 0 Å². The summed E-state index contributed by atoms with van der Waals surface area (Å²) in [5.74, 6) is -3.56. The van der Waals surface area contributed by atoms with Crippen molar-refractivity contribution in [2.45, 2.75) is 32.1 Å². The molecule has 1 amide bonds. The maximum absolute atomic E-state index is 12.7. The first-order chi connectivity index (χ1) is 13.5. The highest BCUT2D eigenvalue weighted by Gasteiger charge is 2.25. The molecule has 2 aromatic rings. The quantitative estimate of drug-likeness (QED) is 0.298. The van der Waals surface area contributed by atoms with Crippen molar-refractivity contribution in [1.82, 2.24) is 15.4 Å². The molecule has 0 aliphatic heterocycles. The molecule has 0 spiro atoms. The Labute approximate surface area is 160 Å². The molecule has 1 aromatic carbocycles. The normalized spacial score (nSPS) is 14.3. The highest BCUT2D eigenvalue weighted by Crippen LogP contribution is 2.26. The number of fused-ring (bicyclic) bond motifs is 1. The van der Waals surface area contributed by atoms with Gasteiger partial charge in [-0.25, -0.2) is 24.6 Å². The summed E-state index contributed by atoms with van der Waals surface area (Å²) in [4.78, 5) is 43.7. The van der Waals surface area contributed by atoms with Gasteiger partial charge in [0.15, 0.2) is 11.4 Å². The molecule has 0 atom stereocenters. The molecule has 146 valence electrons. The van der Waals surface area contributed by atoms with Crippen LogP contribution in [0.4, 0.5) is 5.82 Å². The molecule has 9 heteroatoms. The minimum atomic E-state index is -1.62. The Balaban J connectivity index is 2.03. The standard InChI is InChI=1S/C19H20N4O5/c24-17(12-6-2-1-3-7-12)22-23(10-14(18(25)26)19(27)28)16-13-8-4-5-9-15(13)20-11-21-16/h4-5,8-12H,1-3,6-7H2,(H,22,24)(H,25,26)(H,27,28). The number of benzene rings is 1. The lowest BCUT2D eigenvalue weighted by Crippen LogP contribution is -2.44. The van der Waals surface area contributed by atoms with Crippen LogP contribution in [0, 0.1) is 5.92 Å². The number of aromatic nitrogens is 2. The fraction of sp³-hybridized carbons (Fsp3) is 0.316. The molecule has 0 radical (unpaired) electrons. The van der Waals surface area contributed by atoms with Crippen molar-refractivity contribution in [3.05, 3.63) is 42.4 Å². The number of hydrogen-bond acceptors (Lipinski definition) is 6. The van der Waals surface area contributed by atoms with E-state index in [1.807, 2.05) is 0 Å². The number of hydrogen-bond donors (Lipinski definition) is 3. The van der Waals surface area contributed by atoms with E-state index < -0.39 is 17.5 Å². The first-order valence-corrected chi connectivity index (χ1v) is 8.95. The van der Waals surface area contributed by atoms with Gasteiger partial charge in [-0.05, 0) is 25.0 Å². The summed E-state index contributed by atoms with van der Waals surface area (Å²) in [5.41, 5.74) is 2.31. The summed E-state index contributed by atoms with van der Waals surface area (Å²) in [6.45, 7) is 0. The molecule has 1 aliphatic rings. The van der Waals surface area contributed by atoms with Crippen LogP contribution in [0.15, 0.2) is 42.4 Å². The van der Waals surface area contributed by atoms with E-state index in [0.29, 0.717) is 10.9 Å². The lowest BCUT2D eigenvalue weighted by molar-refractivity contribution is -0.140. The number of carboxylic acid groups (broad SMARTS) is 2. The second-order valence-electron chi connectivity index (χ2n) is 6.55. The number of carbonyl (C=O) groups excluding carboxylic acids is 1. The molecule has 1 fully saturated rings. The molecule has 0 saturated heterocycles. The van der Waals surface area contributed by atoms with Crippen LogP contribution in [-0.2, 0) is 14.4 Å². The molecule has 1 saturated carbocycles. The number of amides is 1. The Morgan fingerprint density at radius 1 is 1.04 bits per heavy atom. The van der Waals surface area contributed by atoms with E-state index in [9.17, 15) is 24.6 Å². The van der Waals surface area contributed by atoms with Gasteiger partial charge in [0.1, 0.15) is 6.33 Å². The van der Waals surface area contributed by atoms with Gasteiger partial charge in [-0.15, -0.1) is 0 Å². The first-order valence-electron chi connectivity index (χ1n) is 8.95. The van der Waals surface area contributed by atoms with Gasteiger partial charge >= 0.3 is 11.9 Å². The summed E-state index contributed by atoms with van der Waals surface area (Å²) in [5, 5.41) is 20.0. The number of aliphatic carboxylic acids is 2. The van der Waals surface area contributed by atoms with Crippen LogP contribution in [-0.4, -0.2) is 38.0 Å². The zero-order chi connectivity index (χ0) is 20.1. The van der Waals surface area contributed by atoms with Gasteiger partial charge in [0, 0.05) is 11.3 Å². The highest BCUT2D eigenvalue weighted by atomic mass is 16.4.